The first-order chi connectivity index (χ1) is 9.04. The average molecular weight is 280 g/mol. The molecule has 0 aromatic carbocycles. The minimum Gasteiger partial charge on any atom is -0.353 e. The molecule has 106 valence electrons. The fourth-order valence-electron chi connectivity index (χ4n) is 2.52. The molecule has 1 amide bonds. The highest BCUT2D eigenvalue weighted by atomic mass is 32.1. The number of amides is 1. The van der Waals surface area contributed by atoms with Gasteiger partial charge in [-0.3, -0.25) is 4.79 Å². The van der Waals surface area contributed by atoms with Crippen LogP contribution in [-0.4, -0.2) is 16.9 Å². The number of nitrogens with zero attached hydrogens (tertiary/aromatic N) is 1. The Morgan fingerprint density at radius 1 is 1.42 bits per heavy atom. The van der Waals surface area contributed by atoms with Crippen molar-refractivity contribution in [3.8, 4) is 0 Å². The molecule has 0 bridgehead atoms. The Balaban J connectivity index is 1.80. The number of hydrogen-bond donors (Lipinski definition) is 1. The van der Waals surface area contributed by atoms with Gasteiger partial charge in [-0.2, -0.15) is 0 Å². The molecule has 0 saturated heterocycles. The van der Waals surface area contributed by atoms with Gasteiger partial charge >= 0.3 is 0 Å². The molecule has 1 aliphatic carbocycles. The van der Waals surface area contributed by atoms with Crippen molar-refractivity contribution >= 4 is 17.2 Å². The second-order valence-electron chi connectivity index (χ2n) is 6.03. The van der Waals surface area contributed by atoms with E-state index in [4.69, 9.17) is 0 Å². The maximum atomic E-state index is 12.0. The summed E-state index contributed by atoms with van der Waals surface area (Å²) in [4.78, 5) is 16.5. The quantitative estimate of drug-likeness (QED) is 0.917. The molecule has 1 aliphatic rings. The second-order valence-corrected chi connectivity index (χ2v) is 6.92. The molecule has 0 spiro atoms. The smallest absolute Gasteiger partial charge is 0.226 e. The third-order valence-electron chi connectivity index (χ3n) is 3.79. The van der Waals surface area contributed by atoms with Crippen LogP contribution in [-0.2, 0) is 11.2 Å². The highest BCUT2D eigenvalue weighted by molar-refractivity contribution is 7.09. The van der Waals surface area contributed by atoms with Gasteiger partial charge in [0.1, 0.15) is 0 Å². The van der Waals surface area contributed by atoms with Gasteiger partial charge < -0.3 is 5.32 Å². The Labute approximate surface area is 119 Å². The first kappa shape index (κ1) is 14.5. The van der Waals surface area contributed by atoms with Gasteiger partial charge in [-0.25, -0.2) is 4.98 Å². The molecule has 1 saturated carbocycles. The van der Waals surface area contributed by atoms with Gasteiger partial charge in [-0.15, -0.1) is 11.3 Å². The molecular formula is C15H24N2OS. The Kier molecular flexibility index (Phi) is 4.97. The number of carbonyl (C=O) groups is 1. The van der Waals surface area contributed by atoms with Gasteiger partial charge in [0.25, 0.3) is 0 Å². The maximum absolute atomic E-state index is 12.0. The zero-order valence-electron chi connectivity index (χ0n) is 12.1. The van der Waals surface area contributed by atoms with Crippen LogP contribution >= 0.6 is 11.3 Å². The van der Waals surface area contributed by atoms with Crippen LogP contribution < -0.4 is 5.32 Å². The molecule has 1 heterocycles. The number of rotatable bonds is 4. The van der Waals surface area contributed by atoms with Gasteiger partial charge in [0, 0.05) is 17.3 Å². The number of thiazole rings is 1. The summed E-state index contributed by atoms with van der Waals surface area (Å²) in [6.07, 6.45) is 5.15. The van der Waals surface area contributed by atoms with Crippen molar-refractivity contribution < 1.29 is 4.79 Å². The molecule has 19 heavy (non-hydrogen) atoms. The van der Waals surface area contributed by atoms with E-state index in [1.165, 1.54) is 12.8 Å². The van der Waals surface area contributed by atoms with Crippen LogP contribution in [0.1, 0.15) is 63.1 Å². The fraction of sp³-hybridized carbons (Fsp3) is 0.733. The van der Waals surface area contributed by atoms with Crippen molar-refractivity contribution in [2.24, 2.45) is 5.92 Å². The third-order valence-corrected chi connectivity index (χ3v) is 4.98. The summed E-state index contributed by atoms with van der Waals surface area (Å²) in [5.41, 5.74) is 0.912. The fourth-order valence-corrected chi connectivity index (χ4v) is 3.35. The monoisotopic (exact) mass is 280 g/mol. The third kappa shape index (κ3) is 4.30. The minimum absolute atomic E-state index is 0.125. The Bertz CT molecular complexity index is 420. The van der Waals surface area contributed by atoms with E-state index in [2.05, 4.69) is 31.1 Å². The van der Waals surface area contributed by atoms with Crippen LogP contribution in [0.4, 0.5) is 0 Å². The van der Waals surface area contributed by atoms with E-state index in [1.54, 1.807) is 11.3 Å². The lowest BCUT2D eigenvalue weighted by atomic mass is 9.87. The standard InChI is InChI=1S/C15H24N2OS/c1-10(2)15-17-13(9-19-15)8-14(18)16-12-6-4-11(3)5-7-12/h9-12H,4-8H2,1-3H3,(H,16,18). The molecule has 1 N–H and O–H groups in total. The van der Waals surface area contributed by atoms with E-state index in [-0.39, 0.29) is 5.91 Å². The summed E-state index contributed by atoms with van der Waals surface area (Å²) >= 11 is 1.65. The summed E-state index contributed by atoms with van der Waals surface area (Å²) in [5, 5.41) is 6.28. The normalized spacial score (nSPS) is 23.6. The summed E-state index contributed by atoms with van der Waals surface area (Å²) in [5.74, 6) is 1.39. The Morgan fingerprint density at radius 2 is 2.11 bits per heavy atom. The van der Waals surface area contributed by atoms with Crippen LogP contribution in [0.3, 0.4) is 0 Å². The number of nitrogens with one attached hydrogen (secondary N) is 1. The van der Waals surface area contributed by atoms with E-state index < -0.39 is 0 Å². The summed E-state index contributed by atoms with van der Waals surface area (Å²) < 4.78 is 0. The predicted octanol–water partition coefficient (Wildman–Crippen LogP) is 3.50. The number of hydrogen-bond acceptors (Lipinski definition) is 3. The lowest BCUT2D eigenvalue weighted by Gasteiger charge is -2.26. The highest BCUT2D eigenvalue weighted by Crippen LogP contribution is 2.23. The minimum atomic E-state index is 0.125. The predicted molar refractivity (Wildman–Crippen MR) is 79.5 cm³/mol. The van der Waals surface area contributed by atoms with Crippen LogP contribution in [0.25, 0.3) is 0 Å². The lowest BCUT2D eigenvalue weighted by Crippen LogP contribution is -2.38. The van der Waals surface area contributed by atoms with Crippen molar-refractivity contribution in [3.05, 3.63) is 16.1 Å². The number of carbonyl (C=O) groups excluding carboxylic acids is 1. The van der Waals surface area contributed by atoms with Crippen molar-refractivity contribution in [2.75, 3.05) is 0 Å². The topological polar surface area (TPSA) is 42.0 Å². The summed E-state index contributed by atoms with van der Waals surface area (Å²) in [7, 11) is 0. The second kappa shape index (κ2) is 6.51. The van der Waals surface area contributed by atoms with E-state index in [0.29, 0.717) is 18.4 Å². The molecule has 1 fully saturated rings. The van der Waals surface area contributed by atoms with Crippen LogP contribution in [0.2, 0.25) is 0 Å². The van der Waals surface area contributed by atoms with Crippen LogP contribution in [0, 0.1) is 5.92 Å². The molecule has 0 unspecified atom stereocenters. The largest absolute Gasteiger partial charge is 0.353 e. The molecule has 1 aromatic heterocycles. The van der Waals surface area contributed by atoms with Gasteiger partial charge in [-0.1, -0.05) is 20.8 Å². The van der Waals surface area contributed by atoms with Gasteiger partial charge in [0.05, 0.1) is 17.1 Å². The van der Waals surface area contributed by atoms with Gasteiger partial charge in [0.15, 0.2) is 0 Å². The van der Waals surface area contributed by atoms with Crippen LogP contribution in [0.15, 0.2) is 5.38 Å². The van der Waals surface area contributed by atoms with Crippen molar-refractivity contribution in [1.82, 2.24) is 10.3 Å². The first-order valence-corrected chi connectivity index (χ1v) is 8.16. The van der Waals surface area contributed by atoms with Crippen molar-refractivity contribution in [1.29, 1.82) is 0 Å². The molecule has 2 rings (SSSR count). The molecule has 1 aromatic rings. The molecule has 0 aliphatic heterocycles. The molecule has 3 nitrogen and oxygen atoms in total. The van der Waals surface area contributed by atoms with E-state index in [1.807, 2.05) is 5.38 Å². The number of aromatic nitrogens is 1. The molecular weight excluding hydrogens is 256 g/mol. The zero-order chi connectivity index (χ0) is 13.8. The molecule has 0 atom stereocenters. The van der Waals surface area contributed by atoms with Gasteiger partial charge in [-0.05, 0) is 31.6 Å². The van der Waals surface area contributed by atoms with E-state index in [9.17, 15) is 4.79 Å². The highest BCUT2D eigenvalue weighted by Gasteiger charge is 2.20. The lowest BCUT2D eigenvalue weighted by molar-refractivity contribution is -0.121. The Hall–Kier alpha value is -0.900. The molecule has 4 heteroatoms. The van der Waals surface area contributed by atoms with Gasteiger partial charge in [0.2, 0.25) is 5.91 Å². The van der Waals surface area contributed by atoms with Crippen molar-refractivity contribution in [3.63, 3.8) is 0 Å². The van der Waals surface area contributed by atoms with Crippen molar-refractivity contribution in [2.45, 2.75) is 64.8 Å². The summed E-state index contributed by atoms with van der Waals surface area (Å²) in [6, 6.07) is 0.381. The SMILES string of the molecule is CC1CCC(NC(=O)Cc2csc(C(C)C)n2)CC1. The Morgan fingerprint density at radius 3 is 2.68 bits per heavy atom. The maximum Gasteiger partial charge on any atom is 0.226 e. The van der Waals surface area contributed by atoms with Crippen LogP contribution in [0.5, 0.6) is 0 Å². The molecule has 0 radical (unpaired) electrons. The van der Waals surface area contributed by atoms with E-state index >= 15 is 0 Å². The zero-order valence-corrected chi connectivity index (χ0v) is 12.9. The van der Waals surface area contributed by atoms with E-state index in [0.717, 1.165) is 29.5 Å². The first-order valence-electron chi connectivity index (χ1n) is 7.28. The average Bonchev–Trinajstić information content (AvgIpc) is 2.80. The summed E-state index contributed by atoms with van der Waals surface area (Å²) in [6.45, 7) is 6.55.